The first-order chi connectivity index (χ1) is 9.54. The smallest absolute Gasteiger partial charge is 0.335 e. The van der Waals surface area contributed by atoms with Crippen LogP contribution in [-0.4, -0.2) is 22.0 Å². The van der Waals surface area contributed by atoms with Gasteiger partial charge in [0.25, 0.3) is 0 Å². The summed E-state index contributed by atoms with van der Waals surface area (Å²) in [6.45, 7) is 0. The fourth-order valence-electron chi connectivity index (χ4n) is 1.66. The Morgan fingerprint density at radius 1 is 1.25 bits per heavy atom. The molecule has 0 saturated heterocycles. The average Bonchev–Trinajstić information content (AvgIpc) is 2.38. The molecule has 0 aliphatic heterocycles. The number of nitrogens with one attached hydrogen (secondary N) is 1. The highest BCUT2D eigenvalue weighted by molar-refractivity contribution is 6.31. The number of halogens is 1. The summed E-state index contributed by atoms with van der Waals surface area (Å²) in [4.78, 5) is 26.8. The van der Waals surface area contributed by atoms with Crippen molar-refractivity contribution in [3.8, 4) is 0 Å². The second kappa shape index (κ2) is 6.16. The number of pyridine rings is 1. The largest absolute Gasteiger partial charge is 0.478 e. The number of aromatic carboxylic acids is 1. The number of carboxylic acids is 1. The maximum Gasteiger partial charge on any atom is 0.335 e. The van der Waals surface area contributed by atoms with Gasteiger partial charge in [0.2, 0.25) is 5.91 Å². The van der Waals surface area contributed by atoms with Crippen LogP contribution in [0.25, 0.3) is 0 Å². The summed E-state index contributed by atoms with van der Waals surface area (Å²) in [5, 5.41) is 11.8. The Bertz CT molecular complexity index is 644. The van der Waals surface area contributed by atoms with E-state index in [-0.39, 0.29) is 22.9 Å². The van der Waals surface area contributed by atoms with Crippen LogP contribution in [0.5, 0.6) is 0 Å². The second-order valence-electron chi connectivity index (χ2n) is 4.08. The van der Waals surface area contributed by atoms with Gasteiger partial charge in [-0.15, -0.1) is 0 Å². The maximum atomic E-state index is 11.8. The van der Waals surface area contributed by atoms with E-state index >= 15 is 0 Å². The molecule has 0 fully saturated rings. The third-order valence-electron chi connectivity index (χ3n) is 2.50. The molecule has 0 bridgehead atoms. The predicted octanol–water partition coefficient (Wildman–Crippen LogP) is 2.61. The fraction of sp³-hybridized carbons (Fsp3) is 0.0714. The molecular formula is C14H11ClN2O3. The molecule has 2 rings (SSSR count). The van der Waals surface area contributed by atoms with Gasteiger partial charge in [0.15, 0.2) is 0 Å². The third kappa shape index (κ3) is 3.80. The van der Waals surface area contributed by atoms with E-state index in [0.717, 1.165) is 0 Å². The Balaban J connectivity index is 2.10. The lowest BCUT2D eigenvalue weighted by Gasteiger charge is -2.06. The molecule has 102 valence electrons. The number of amides is 1. The number of carbonyl (C=O) groups excluding carboxylic acids is 1. The standard InChI is InChI=1S/C14H11ClN2O3/c15-10-5-9(14(19)20)6-12(7-10)17-13(18)8-11-3-1-2-4-16-11/h1-7H,8H2,(H,17,18)(H,19,20). The topological polar surface area (TPSA) is 79.3 Å². The number of anilines is 1. The monoisotopic (exact) mass is 290 g/mol. The van der Waals surface area contributed by atoms with E-state index in [9.17, 15) is 9.59 Å². The molecule has 1 amide bonds. The zero-order valence-corrected chi connectivity index (χ0v) is 11.1. The van der Waals surface area contributed by atoms with Crippen LogP contribution in [0, 0.1) is 0 Å². The Hall–Kier alpha value is -2.40. The van der Waals surface area contributed by atoms with E-state index in [0.29, 0.717) is 11.4 Å². The van der Waals surface area contributed by atoms with E-state index in [1.54, 1.807) is 24.4 Å². The minimum atomic E-state index is -1.10. The van der Waals surface area contributed by atoms with Gasteiger partial charge in [0.05, 0.1) is 12.0 Å². The molecule has 2 N–H and O–H groups in total. The average molecular weight is 291 g/mol. The van der Waals surface area contributed by atoms with Crippen molar-refractivity contribution in [3.05, 3.63) is 58.9 Å². The van der Waals surface area contributed by atoms with Gasteiger partial charge in [-0.3, -0.25) is 9.78 Å². The Morgan fingerprint density at radius 2 is 2.05 bits per heavy atom. The van der Waals surface area contributed by atoms with Crippen LogP contribution in [0.4, 0.5) is 5.69 Å². The number of aromatic nitrogens is 1. The van der Waals surface area contributed by atoms with Gasteiger partial charge >= 0.3 is 5.97 Å². The first-order valence-corrected chi connectivity index (χ1v) is 6.16. The lowest BCUT2D eigenvalue weighted by atomic mass is 10.2. The summed E-state index contributed by atoms with van der Waals surface area (Å²) < 4.78 is 0. The zero-order chi connectivity index (χ0) is 14.5. The van der Waals surface area contributed by atoms with Gasteiger partial charge in [0, 0.05) is 22.6 Å². The van der Waals surface area contributed by atoms with Crippen LogP contribution in [0.1, 0.15) is 16.1 Å². The lowest BCUT2D eigenvalue weighted by Crippen LogP contribution is -2.15. The van der Waals surface area contributed by atoms with Gasteiger partial charge in [-0.05, 0) is 30.3 Å². The summed E-state index contributed by atoms with van der Waals surface area (Å²) in [7, 11) is 0. The number of carbonyl (C=O) groups is 2. The van der Waals surface area contributed by atoms with Gasteiger partial charge in [0.1, 0.15) is 0 Å². The third-order valence-corrected chi connectivity index (χ3v) is 2.71. The molecule has 0 aliphatic carbocycles. The summed E-state index contributed by atoms with van der Waals surface area (Å²) in [6, 6.07) is 9.45. The van der Waals surface area contributed by atoms with Crippen molar-refractivity contribution in [2.24, 2.45) is 0 Å². The molecule has 1 aromatic carbocycles. The number of hydrogen-bond donors (Lipinski definition) is 2. The lowest BCUT2D eigenvalue weighted by molar-refractivity contribution is -0.115. The van der Waals surface area contributed by atoms with Crippen molar-refractivity contribution in [2.75, 3.05) is 5.32 Å². The molecule has 6 heteroatoms. The van der Waals surface area contributed by atoms with Crippen LogP contribution >= 0.6 is 11.6 Å². The number of benzene rings is 1. The van der Waals surface area contributed by atoms with Crippen LogP contribution in [0.3, 0.4) is 0 Å². The molecule has 20 heavy (non-hydrogen) atoms. The van der Waals surface area contributed by atoms with E-state index in [1.165, 1.54) is 18.2 Å². The minimum absolute atomic E-state index is 0.0191. The second-order valence-corrected chi connectivity index (χ2v) is 4.52. The molecule has 0 aliphatic rings. The zero-order valence-electron chi connectivity index (χ0n) is 10.3. The highest BCUT2D eigenvalue weighted by Crippen LogP contribution is 2.19. The minimum Gasteiger partial charge on any atom is -0.478 e. The molecule has 2 aromatic rings. The van der Waals surface area contributed by atoms with Gasteiger partial charge < -0.3 is 10.4 Å². The molecule has 0 spiro atoms. The number of rotatable bonds is 4. The first-order valence-electron chi connectivity index (χ1n) is 5.78. The molecule has 0 radical (unpaired) electrons. The molecule has 0 unspecified atom stereocenters. The van der Waals surface area contributed by atoms with Crippen LogP contribution in [0.2, 0.25) is 5.02 Å². The molecule has 1 aromatic heterocycles. The van der Waals surface area contributed by atoms with Crippen LogP contribution < -0.4 is 5.32 Å². The fourth-order valence-corrected chi connectivity index (χ4v) is 1.89. The summed E-state index contributed by atoms with van der Waals surface area (Å²) in [6.07, 6.45) is 1.71. The van der Waals surface area contributed by atoms with Crippen molar-refractivity contribution in [2.45, 2.75) is 6.42 Å². The number of hydrogen-bond acceptors (Lipinski definition) is 3. The maximum absolute atomic E-state index is 11.8. The van der Waals surface area contributed by atoms with Crippen molar-refractivity contribution in [3.63, 3.8) is 0 Å². The van der Waals surface area contributed by atoms with E-state index in [1.807, 2.05) is 0 Å². The summed E-state index contributed by atoms with van der Waals surface area (Å²) in [5.74, 6) is -1.39. The molecule has 5 nitrogen and oxygen atoms in total. The first kappa shape index (κ1) is 14.0. The Kier molecular flexibility index (Phi) is 4.32. The van der Waals surface area contributed by atoms with Crippen molar-refractivity contribution >= 4 is 29.2 Å². The van der Waals surface area contributed by atoms with Gasteiger partial charge in [-0.2, -0.15) is 0 Å². The Morgan fingerprint density at radius 3 is 2.70 bits per heavy atom. The highest BCUT2D eigenvalue weighted by atomic mass is 35.5. The normalized spacial score (nSPS) is 10.1. The van der Waals surface area contributed by atoms with E-state index in [4.69, 9.17) is 16.7 Å². The van der Waals surface area contributed by atoms with Crippen LogP contribution in [-0.2, 0) is 11.2 Å². The molecular weight excluding hydrogens is 280 g/mol. The molecule has 0 atom stereocenters. The summed E-state index contributed by atoms with van der Waals surface area (Å²) in [5.41, 5.74) is 0.993. The Labute approximate surface area is 120 Å². The molecule has 1 heterocycles. The van der Waals surface area contributed by atoms with Gasteiger partial charge in [-0.1, -0.05) is 17.7 Å². The summed E-state index contributed by atoms with van der Waals surface area (Å²) >= 11 is 5.81. The highest BCUT2D eigenvalue weighted by Gasteiger charge is 2.09. The van der Waals surface area contributed by atoms with E-state index < -0.39 is 5.97 Å². The van der Waals surface area contributed by atoms with Crippen molar-refractivity contribution < 1.29 is 14.7 Å². The number of nitrogens with zero attached hydrogens (tertiary/aromatic N) is 1. The quantitative estimate of drug-likeness (QED) is 0.907. The van der Waals surface area contributed by atoms with Gasteiger partial charge in [-0.25, -0.2) is 4.79 Å². The predicted molar refractivity (Wildman–Crippen MR) is 75.0 cm³/mol. The van der Waals surface area contributed by atoms with Crippen molar-refractivity contribution in [1.82, 2.24) is 4.98 Å². The number of carboxylic acid groups (broad SMARTS) is 1. The van der Waals surface area contributed by atoms with Crippen LogP contribution in [0.15, 0.2) is 42.6 Å². The molecule has 0 saturated carbocycles. The van der Waals surface area contributed by atoms with Crippen molar-refractivity contribution in [1.29, 1.82) is 0 Å². The SMILES string of the molecule is O=C(Cc1ccccn1)Nc1cc(Cl)cc(C(=O)O)c1. The van der Waals surface area contributed by atoms with E-state index in [2.05, 4.69) is 10.3 Å².